The maximum Gasteiger partial charge on any atom is 0.340 e. The molecule has 1 atom stereocenters. The van der Waals surface area contributed by atoms with E-state index >= 15 is 0 Å². The second-order valence-electron chi connectivity index (χ2n) is 6.70. The highest BCUT2D eigenvalue weighted by Crippen LogP contribution is 2.27. The molecule has 0 aliphatic carbocycles. The van der Waals surface area contributed by atoms with Crippen LogP contribution in [0.25, 0.3) is 0 Å². The van der Waals surface area contributed by atoms with E-state index in [2.05, 4.69) is 5.32 Å². The van der Waals surface area contributed by atoms with Crippen molar-refractivity contribution in [2.45, 2.75) is 26.7 Å². The minimum Gasteiger partial charge on any atom is -0.462 e. The van der Waals surface area contributed by atoms with Gasteiger partial charge in [0.1, 0.15) is 0 Å². The van der Waals surface area contributed by atoms with Crippen molar-refractivity contribution in [1.82, 2.24) is 0 Å². The number of esters is 2. The molecule has 0 radical (unpaired) electrons. The largest absolute Gasteiger partial charge is 0.462 e. The number of carbonyl (C=O) groups is 3. The Morgan fingerprint density at radius 3 is 2.28 bits per heavy atom. The van der Waals surface area contributed by atoms with Crippen molar-refractivity contribution in [1.29, 1.82) is 0 Å². The number of amides is 1. The van der Waals surface area contributed by atoms with E-state index in [0.29, 0.717) is 10.7 Å². The Balaban J connectivity index is 2.02. The molecule has 0 bridgehead atoms. The predicted octanol–water partition coefficient (Wildman–Crippen LogP) is 4.44. The van der Waals surface area contributed by atoms with Gasteiger partial charge in [0.05, 0.1) is 23.8 Å². The highest BCUT2D eigenvalue weighted by atomic mass is 35.5. The summed E-state index contributed by atoms with van der Waals surface area (Å²) in [6.45, 7) is 5.25. The summed E-state index contributed by atoms with van der Waals surface area (Å²) in [4.78, 5) is 36.8. The molecule has 2 aromatic rings. The molecule has 0 spiro atoms. The van der Waals surface area contributed by atoms with Gasteiger partial charge in [0.2, 0.25) is 0 Å². The van der Waals surface area contributed by atoms with Gasteiger partial charge in [-0.3, -0.25) is 9.59 Å². The van der Waals surface area contributed by atoms with Crippen LogP contribution in [0, 0.1) is 5.92 Å². The minimum absolute atomic E-state index is 0.0312. The van der Waals surface area contributed by atoms with Crippen LogP contribution in [-0.4, -0.2) is 31.1 Å². The van der Waals surface area contributed by atoms with Crippen LogP contribution < -0.4 is 5.32 Å². The van der Waals surface area contributed by atoms with Gasteiger partial charge < -0.3 is 14.8 Å². The zero-order valence-corrected chi connectivity index (χ0v) is 17.4. The first-order valence-electron chi connectivity index (χ1n) is 9.31. The summed E-state index contributed by atoms with van der Waals surface area (Å²) in [5.41, 5.74) is 1.29. The summed E-state index contributed by atoms with van der Waals surface area (Å²) in [5.74, 6) is -2.14. The zero-order chi connectivity index (χ0) is 21.4. The summed E-state index contributed by atoms with van der Waals surface area (Å²) < 4.78 is 10.2. The van der Waals surface area contributed by atoms with Crippen molar-refractivity contribution in [2.24, 2.45) is 5.92 Å². The van der Waals surface area contributed by atoms with Crippen LogP contribution in [0.1, 0.15) is 42.6 Å². The maximum atomic E-state index is 12.6. The maximum absolute atomic E-state index is 12.6. The molecule has 2 rings (SSSR count). The Morgan fingerprint density at radius 2 is 1.66 bits per heavy atom. The molecule has 2 aromatic carbocycles. The van der Waals surface area contributed by atoms with Crippen molar-refractivity contribution in [3.63, 3.8) is 0 Å². The molecular formula is C22H24ClNO5. The third kappa shape index (κ3) is 6.32. The molecular weight excluding hydrogens is 394 g/mol. The minimum atomic E-state index is -0.547. The summed E-state index contributed by atoms with van der Waals surface area (Å²) in [6.07, 6.45) is 0. The lowest BCUT2D eigenvalue weighted by Gasteiger charge is -2.20. The van der Waals surface area contributed by atoms with Crippen molar-refractivity contribution in [3.8, 4) is 0 Å². The van der Waals surface area contributed by atoms with E-state index in [9.17, 15) is 14.4 Å². The smallest absolute Gasteiger partial charge is 0.340 e. The number of ether oxygens (including phenoxy) is 2. The van der Waals surface area contributed by atoms with Crippen LogP contribution >= 0.6 is 11.6 Å². The van der Waals surface area contributed by atoms with E-state index in [0.717, 1.165) is 5.56 Å². The monoisotopic (exact) mass is 417 g/mol. The normalized spacial score (nSPS) is 11.6. The van der Waals surface area contributed by atoms with E-state index in [-0.39, 0.29) is 18.1 Å². The third-order valence-electron chi connectivity index (χ3n) is 4.19. The van der Waals surface area contributed by atoms with Gasteiger partial charge in [0.25, 0.3) is 5.91 Å². The van der Waals surface area contributed by atoms with Gasteiger partial charge in [-0.15, -0.1) is 0 Å². The van der Waals surface area contributed by atoms with Gasteiger partial charge in [-0.1, -0.05) is 49.7 Å². The molecule has 0 saturated heterocycles. The SMILES string of the molecule is CCOC(=O)c1ccccc1NC(=O)COC(=O)[C@H](c1ccc(Cl)cc1)C(C)C. The number of halogens is 1. The number of anilines is 1. The average molecular weight is 418 g/mol. The van der Waals surface area contributed by atoms with E-state index in [1.807, 2.05) is 13.8 Å². The number of carbonyl (C=O) groups excluding carboxylic acids is 3. The Hall–Kier alpha value is -2.86. The number of benzene rings is 2. The lowest BCUT2D eigenvalue weighted by Crippen LogP contribution is -2.26. The Morgan fingerprint density at radius 1 is 1.00 bits per heavy atom. The fraction of sp³-hybridized carbons (Fsp3) is 0.318. The van der Waals surface area contributed by atoms with Crippen molar-refractivity contribution in [3.05, 3.63) is 64.7 Å². The Bertz CT molecular complexity index is 864. The highest BCUT2D eigenvalue weighted by Gasteiger charge is 2.26. The molecule has 0 aliphatic rings. The van der Waals surface area contributed by atoms with Crippen LogP contribution in [0.15, 0.2) is 48.5 Å². The lowest BCUT2D eigenvalue weighted by molar-refractivity contribution is -0.149. The van der Waals surface area contributed by atoms with Crippen LogP contribution in [0.2, 0.25) is 5.02 Å². The number of hydrogen-bond donors (Lipinski definition) is 1. The molecule has 154 valence electrons. The number of nitrogens with one attached hydrogen (secondary N) is 1. The quantitative estimate of drug-likeness (QED) is 0.642. The number of rotatable bonds is 8. The summed E-state index contributed by atoms with van der Waals surface area (Å²) in [5, 5.41) is 3.16. The van der Waals surface area contributed by atoms with Gasteiger partial charge in [-0.2, -0.15) is 0 Å². The summed E-state index contributed by atoms with van der Waals surface area (Å²) in [7, 11) is 0. The molecule has 0 aliphatic heterocycles. The first-order chi connectivity index (χ1) is 13.8. The van der Waals surface area contributed by atoms with E-state index in [1.165, 1.54) is 0 Å². The van der Waals surface area contributed by atoms with Crippen LogP contribution in [-0.2, 0) is 19.1 Å². The molecule has 7 heteroatoms. The summed E-state index contributed by atoms with van der Waals surface area (Å²) >= 11 is 5.91. The predicted molar refractivity (Wildman–Crippen MR) is 111 cm³/mol. The van der Waals surface area contributed by atoms with Gasteiger partial charge >= 0.3 is 11.9 Å². The molecule has 0 saturated carbocycles. The van der Waals surface area contributed by atoms with Gasteiger partial charge in [-0.25, -0.2) is 4.79 Å². The second kappa shape index (κ2) is 10.6. The molecule has 6 nitrogen and oxygen atoms in total. The average Bonchev–Trinajstić information content (AvgIpc) is 2.68. The van der Waals surface area contributed by atoms with E-state index in [1.54, 1.807) is 55.5 Å². The molecule has 1 amide bonds. The Labute approximate surface area is 175 Å². The third-order valence-corrected chi connectivity index (χ3v) is 4.44. The molecule has 0 unspecified atom stereocenters. The first kappa shape index (κ1) is 22.4. The van der Waals surface area contributed by atoms with E-state index < -0.39 is 30.4 Å². The van der Waals surface area contributed by atoms with Crippen molar-refractivity contribution in [2.75, 3.05) is 18.5 Å². The van der Waals surface area contributed by atoms with Crippen LogP contribution in [0.5, 0.6) is 0 Å². The van der Waals surface area contributed by atoms with Crippen molar-refractivity contribution < 1.29 is 23.9 Å². The van der Waals surface area contributed by atoms with Gasteiger partial charge in [0.15, 0.2) is 6.61 Å². The van der Waals surface area contributed by atoms with Crippen molar-refractivity contribution >= 4 is 35.1 Å². The topological polar surface area (TPSA) is 81.7 Å². The molecule has 0 fully saturated rings. The zero-order valence-electron chi connectivity index (χ0n) is 16.6. The molecule has 0 heterocycles. The molecule has 1 N–H and O–H groups in total. The summed E-state index contributed by atoms with van der Waals surface area (Å²) in [6, 6.07) is 13.4. The number of hydrogen-bond acceptors (Lipinski definition) is 5. The van der Waals surface area contributed by atoms with Gasteiger partial charge in [0, 0.05) is 5.02 Å². The second-order valence-corrected chi connectivity index (χ2v) is 7.13. The Kier molecular flexibility index (Phi) is 8.21. The van der Waals surface area contributed by atoms with E-state index in [4.69, 9.17) is 21.1 Å². The number of para-hydroxylation sites is 1. The fourth-order valence-corrected chi connectivity index (χ4v) is 2.98. The van der Waals surface area contributed by atoms with Crippen LogP contribution in [0.4, 0.5) is 5.69 Å². The fourth-order valence-electron chi connectivity index (χ4n) is 2.85. The first-order valence-corrected chi connectivity index (χ1v) is 9.69. The van der Waals surface area contributed by atoms with Crippen LogP contribution in [0.3, 0.4) is 0 Å². The molecule has 29 heavy (non-hydrogen) atoms. The van der Waals surface area contributed by atoms with Gasteiger partial charge in [-0.05, 0) is 42.7 Å². The standard InChI is InChI=1S/C22H24ClNO5/c1-4-28-21(26)17-7-5-6-8-18(17)24-19(25)13-29-22(27)20(14(2)3)15-9-11-16(23)12-10-15/h5-12,14,20H,4,13H2,1-3H3,(H,24,25)/t20-/m0/s1. The highest BCUT2D eigenvalue weighted by molar-refractivity contribution is 6.30. The molecule has 0 aromatic heterocycles. The lowest BCUT2D eigenvalue weighted by atomic mass is 9.88.